The van der Waals surface area contributed by atoms with Crippen LogP contribution in [0.4, 0.5) is 4.79 Å². The largest absolute Gasteiger partial charge is 0.350 e. The molecule has 0 spiro atoms. The Bertz CT molecular complexity index is 1100. The van der Waals surface area contributed by atoms with Gasteiger partial charge in [0, 0.05) is 18.1 Å². The normalized spacial score (nSPS) is 17.8. The van der Waals surface area contributed by atoms with Crippen molar-refractivity contribution in [1.82, 2.24) is 20.4 Å². The molecule has 164 valence electrons. The zero-order valence-corrected chi connectivity index (χ0v) is 18.1. The summed E-state index contributed by atoms with van der Waals surface area (Å²) >= 11 is 6.37. The van der Waals surface area contributed by atoms with E-state index >= 15 is 0 Å². The van der Waals surface area contributed by atoms with E-state index in [1.807, 2.05) is 30.3 Å². The molecule has 0 bridgehead atoms. The van der Waals surface area contributed by atoms with Crippen molar-refractivity contribution in [2.45, 2.75) is 12.6 Å². The van der Waals surface area contributed by atoms with Crippen LogP contribution in [0.2, 0.25) is 5.02 Å². The van der Waals surface area contributed by atoms with Crippen molar-refractivity contribution in [3.8, 4) is 0 Å². The molecule has 2 aliphatic rings. The zero-order valence-electron chi connectivity index (χ0n) is 17.4. The molecule has 2 aromatic carbocycles. The lowest BCUT2D eigenvalue weighted by molar-refractivity contribution is -0.132. The molecule has 4 amide bonds. The van der Waals surface area contributed by atoms with Gasteiger partial charge in [0.25, 0.3) is 5.91 Å². The lowest BCUT2D eigenvalue weighted by atomic mass is 9.95. The average molecular weight is 451 g/mol. The highest BCUT2D eigenvalue weighted by atomic mass is 35.5. The van der Waals surface area contributed by atoms with Gasteiger partial charge in [-0.3, -0.25) is 14.5 Å². The Morgan fingerprint density at radius 1 is 1.16 bits per heavy atom. The Balaban J connectivity index is 1.55. The lowest BCUT2D eigenvalue weighted by Crippen LogP contribution is -2.47. The number of carbonyl (C=O) groups is 3. The molecule has 2 heterocycles. The van der Waals surface area contributed by atoms with Gasteiger partial charge >= 0.3 is 6.03 Å². The van der Waals surface area contributed by atoms with E-state index in [9.17, 15) is 14.4 Å². The second kappa shape index (κ2) is 9.28. The van der Waals surface area contributed by atoms with Crippen LogP contribution in [0, 0.1) is 0 Å². The van der Waals surface area contributed by atoms with E-state index in [2.05, 4.69) is 17.2 Å². The van der Waals surface area contributed by atoms with Gasteiger partial charge in [-0.1, -0.05) is 66.2 Å². The molecule has 0 aliphatic carbocycles. The fraction of sp³-hybridized carbons (Fsp3) is 0.208. The van der Waals surface area contributed by atoms with Gasteiger partial charge in [0.1, 0.15) is 6.54 Å². The van der Waals surface area contributed by atoms with Crippen molar-refractivity contribution in [1.29, 1.82) is 0 Å². The number of rotatable bonds is 7. The van der Waals surface area contributed by atoms with Crippen molar-refractivity contribution in [2.24, 2.45) is 0 Å². The van der Waals surface area contributed by atoms with Crippen LogP contribution in [0.15, 0.2) is 78.5 Å². The van der Waals surface area contributed by atoms with Crippen molar-refractivity contribution in [3.63, 3.8) is 0 Å². The molecule has 0 aromatic heterocycles. The van der Waals surface area contributed by atoms with Gasteiger partial charge in [-0.25, -0.2) is 4.79 Å². The first-order valence-electron chi connectivity index (χ1n) is 10.3. The number of urea groups is 1. The third-order valence-corrected chi connectivity index (χ3v) is 5.84. The van der Waals surface area contributed by atoms with E-state index in [1.54, 1.807) is 30.3 Å². The van der Waals surface area contributed by atoms with Crippen LogP contribution in [-0.2, 0) is 16.1 Å². The van der Waals surface area contributed by atoms with E-state index in [0.29, 0.717) is 28.4 Å². The molecule has 0 saturated carbocycles. The number of carbonyl (C=O) groups excluding carboxylic acids is 3. The molecule has 1 atom stereocenters. The fourth-order valence-corrected chi connectivity index (χ4v) is 4.21. The van der Waals surface area contributed by atoms with Crippen LogP contribution in [0.1, 0.15) is 17.2 Å². The monoisotopic (exact) mass is 450 g/mol. The molecule has 0 fully saturated rings. The Labute approximate surface area is 191 Å². The molecule has 2 aliphatic heterocycles. The summed E-state index contributed by atoms with van der Waals surface area (Å²) in [7, 11) is 0. The topological polar surface area (TPSA) is 81.8 Å². The van der Waals surface area contributed by atoms with Crippen LogP contribution in [0.25, 0.3) is 0 Å². The second-order valence-electron chi connectivity index (χ2n) is 7.59. The summed E-state index contributed by atoms with van der Waals surface area (Å²) in [6.45, 7) is 4.39. The average Bonchev–Trinajstić information content (AvgIpc) is 3.11. The van der Waals surface area contributed by atoms with Crippen LogP contribution >= 0.6 is 11.6 Å². The van der Waals surface area contributed by atoms with Crippen molar-refractivity contribution in [2.75, 3.05) is 19.6 Å². The highest BCUT2D eigenvalue weighted by Crippen LogP contribution is 2.38. The van der Waals surface area contributed by atoms with Gasteiger partial charge in [-0.2, -0.15) is 0 Å². The minimum atomic E-state index is -0.683. The quantitative estimate of drug-likeness (QED) is 0.636. The SMILES string of the molecule is C=CCN1C(=O)N[C@@H](c2ccccc2Cl)C2=C1CN(CC(=O)NCc1ccccc1)C2=O. The zero-order chi connectivity index (χ0) is 22.7. The first kappa shape index (κ1) is 21.6. The summed E-state index contributed by atoms with van der Waals surface area (Å²) in [5.74, 6) is -0.570. The first-order chi connectivity index (χ1) is 15.5. The third kappa shape index (κ3) is 4.24. The van der Waals surface area contributed by atoms with Gasteiger partial charge in [0.05, 0.1) is 23.9 Å². The van der Waals surface area contributed by atoms with E-state index in [-0.39, 0.29) is 37.5 Å². The summed E-state index contributed by atoms with van der Waals surface area (Å²) < 4.78 is 0. The Morgan fingerprint density at radius 2 is 1.88 bits per heavy atom. The van der Waals surface area contributed by atoms with Crippen LogP contribution in [0.5, 0.6) is 0 Å². The summed E-state index contributed by atoms with van der Waals surface area (Å²) in [5.41, 5.74) is 2.60. The number of hydrogen-bond donors (Lipinski definition) is 2. The highest BCUT2D eigenvalue weighted by molar-refractivity contribution is 6.31. The van der Waals surface area contributed by atoms with Gasteiger partial charge in [0.2, 0.25) is 5.91 Å². The predicted octanol–water partition coefficient (Wildman–Crippen LogP) is 3.01. The molecule has 0 radical (unpaired) electrons. The number of nitrogens with zero attached hydrogens (tertiary/aromatic N) is 2. The maximum Gasteiger partial charge on any atom is 0.322 e. The van der Waals surface area contributed by atoms with Crippen molar-refractivity contribution < 1.29 is 14.4 Å². The van der Waals surface area contributed by atoms with E-state index < -0.39 is 6.04 Å². The summed E-state index contributed by atoms with van der Waals surface area (Å²) in [6.07, 6.45) is 1.60. The fourth-order valence-electron chi connectivity index (χ4n) is 3.97. The molecule has 8 heteroatoms. The van der Waals surface area contributed by atoms with Crippen LogP contribution in [-0.4, -0.2) is 47.3 Å². The van der Waals surface area contributed by atoms with Crippen molar-refractivity contribution in [3.05, 3.63) is 94.7 Å². The summed E-state index contributed by atoms with van der Waals surface area (Å²) in [5, 5.41) is 6.17. The van der Waals surface area contributed by atoms with E-state index in [1.165, 1.54) is 9.80 Å². The maximum atomic E-state index is 13.3. The summed E-state index contributed by atoms with van der Waals surface area (Å²) in [4.78, 5) is 41.6. The Morgan fingerprint density at radius 3 is 2.59 bits per heavy atom. The second-order valence-corrected chi connectivity index (χ2v) is 7.99. The van der Waals surface area contributed by atoms with Gasteiger partial charge in [0.15, 0.2) is 0 Å². The minimum absolute atomic E-state index is 0.107. The number of amides is 4. The minimum Gasteiger partial charge on any atom is -0.350 e. The molecule has 0 unspecified atom stereocenters. The molecule has 4 rings (SSSR count). The molecule has 0 saturated heterocycles. The summed E-state index contributed by atoms with van der Waals surface area (Å²) in [6, 6.07) is 15.6. The molecule has 32 heavy (non-hydrogen) atoms. The van der Waals surface area contributed by atoms with Crippen LogP contribution in [0.3, 0.4) is 0 Å². The number of hydrogen-bond acceptors (Lipinski definition) is 3. The third-order valence-electron chi connectivity index (χ3n) is 5.49. The molecule has 2 N–H and O–H groups in total. The number of halogens is 1. The smallest absolute Gasteiger partial charge is 0.322 e. The van der Waals surface area contributed by atoms with Gasteiger partial charge in [-0.05, 0) is 17.2 Å². The standard InChI is InChI=1S/C24H23ClN4O3/c1-2-12-29-19-14-28(15-20(30)26-13-16-8-4-3-5-9-16)23(31)21(19)22(27-24(29)32)17-10-6-7-11-18(17)25/h2-11,22H,1,12-15H2,(H,26,30)(H,27,32)/t22-/m0/s1. The van der Waals surface area contributed by atoms with Crippen LogP contribution < -0.4 is 10.6 Å². The van der Waals surface area contributed by atoms with E-state index in [0.717, 1.165) is 5.56 Å². The number of nitrogens with one attached hydrogen (secondary N) is 2. The van der Waals surface area contributed by atoms with Crippen molar-refractivity contribution >= 4 is 29.4 Å². The molecular formula is C24H23ClN4O3. The number of benzene rings is 2. The first-order valence-corrected chi connectivity index (χ1v) is 10.6. The molecular weight excluding hydrogens is 428 g/mol. The van der Waals surface area contributed by atoms with E-state index in [4.69, 9.17) is 11.6 Å². The van der Waals surface area contributed by atoms with Gasteiger partial charge in [-0.15, -0.1) is 6.58 Å². The lowest BCUT2D eigenvalue weighted by Gasteiger charge is -2.33. The molecule has 7 nitrogen and oxygen atoms in total. The maximum absolute atomic E-state index is 13.3. The highest BCUT2D eigenvalue weighted by Gasteiger charge is 2.44. The Kier molecular flexibility index (Phi) is 6.28. The molecule has 2 aromatic rings. The Hall–Kier alpha value is -3.58. The van der Waals surface area contributed by atoms with Gasteiger partial charge < -0.3 is 15.5 Å². The predicted molar refractivity (Wildman–Crippen MR) is 122 cm³/mol.